The molecule has 0 radical (unpaired) electrons. The molecule has 1 saturated heterocycles. The largest absolute Gasteiger partial charge is 0.462 e. The van der Waals surface area contributed by atoms with Crippen LogP contribution in [0.1, 0.15) is 33.9 Å². The second-order valence-corrected chi connectivity index (χ2v) is 11.7. The lowest BCUT2D eigenvalue weighted by molar-refractivity contribution is -0.204. The molecule has 222 valence electrons. The maximum Gasteiger partial charge on any atom is 0.459 e. The van der Waals surface area contributed by atoms with Gasteiger partial charge in [-0.05, 0) is 50.6 Å². The molecule has 0 bridgehead atoms. The molecule has 1 fully saturated rings. The van der Waals surface area contributed by atoms with Gasteiger partial charge in [-0.2, -0.15) is 5.09 Å². The maximum atomic E-state index is 16.0. The lowest BCUT2D eigenvalue weighted by atomic mass is 9.97. The van der Waals surface area contributed by atoms with E-state index in [2.05, 4.69) is 5.09 Å². The third-order valence-electron chi connectivity index (χ3n) is 6.27. The number of nitrogens with one attached hydrogen (secondary N) is 2. The Morgan fingerprint density at radius 1 is 1.17 bits per heavy atom. The van der Waals surface area contributed by atoms with Crippen LogP contribution in [0.5, 0.6) is 5.75 Å². The number of rotatable bonds is 10. The van der Waals surface area contributed by atoms with E-state index in [1.54, 1.807) is 32.0 Å². The van der Waals surface area contributed by atoms with Gasteiger partial charge in [-0.25, -0.2) is 18.1 Å². The summed E-state index contributed by atoms with van der Waals surface area (Å²) in [7, 11) is -4.66. The molecule has 3 N–H and O–H groups in total. The summed E-state index contributed by atoms with van der Waals surface area (Å²) in [5.41, 5.74) is -4.82. The highest BCUT2D eigenvalue weighted by molar-refractivity contribution is 7.52. The number of benzene rings is 2. The van der Waals surface area contributed by atoms with Crippen molar-refractivity contribution in [1.29, 1.82) is 0 Å². The van der Waals surface area contributed by atoms with Gasteiger partial charge in [-0.1, -0.05) is 30.3 Å². The Labute approximate surface area is 232 Å². The highest BCUT2D eigenvalue weighted by Gasteiger charge is 2.65. The van der Waals surface area contributed by atoms with Crippen molar-refractivity contribution in [2.45, 2.75) is 63.7 Å². The SMILES string of the molecule is CC(C)OC(=O)[C@H](C)NP(=O)(OC[C@@]1(F)O[C@@H](n2ccc(=O)[nH]c2=O)[C@](C)(F)[C@@H]1O)Oc1ccc2ccccc2c1. The monoisotopic (exact) mass is 597 g/mol. The topological polar surface area (TPSA) is 158 Å². The molecule has 41 heavy (non-hydrogen) atoms. The molecule has 2 heterocycles. The van der Waals surface area contributed by atoms with E-state index in [1.807, 2.05) is 17.1 Å². The predicted octanol–water partition coefficient (Wildman–Crippen LogP) is 3.11. The van der Waals surface area contributed by atoms with Crippen LogP contribution in [0, 0.1) is 0 Å². The van der Waals surface area contributed by atoms with Crippen LogP contribution in [0.15, 0.2) is 64.3 Å². The fourth-order valence-corrected chi connectivity index (χ4v) is 5.72. The molecule has 1 aromatic heterocycles. The fourth-order valence-electron chi connectivity index (χ4n) is 4.23. The van der Waals surface area contributed by atoms with Crippen molar-refractivity contribution >= 4 is 24.5 Å². The summed E-state index contributed by atoms with van der Waals surface area (Å²) >= 11 is 0. The third-order valence-corrected chi connectivity index (χ3v) is 7.90. The minimum absolute atomic E-state index is 0.0257. The Bertz CT molecular complexity index is 1590. The van der Waals surface area contributed by atoms with E-state index >= 15 is 8.78 Å². The Morgan fingerprint density at radius 3 is 2.51 bits per heavy atom. The van der Waals surface area contributed by atoms with Crippen molar-refractivity contribution in [1.82, 2.24) is 14.6 Å². The van der Waals surface area contributed by atoms with Crippen LogP contribution in [0.25, 0.3) is 10.8 Å². The summed E-state index contributed by atoms with van der Waals surface area (Å²) in [5, 5.41) is 14.5. The zero-order valence-corrected chi connectivity index (χ0v) is 23.5. The Hall–Kier alpha value is -3.42. The van der Waals surface area contributed by atoms with Gasteiger partial charge < -0.3 is 19.1 Å². The predicted molar refractivity (Wildman–Crippen MR) is 143 cm³/mol. The first-order valence-electron chi connectivity index (χ1n) is 12.6. The Balaban J connectivity index is 1.62. The number of halogens is 2. The zero-order valence-electron chi connectivity index (χ0n) is 22.6. The number of aromatic nitrogens is 2. The van der Waals surface area contributed by atoms with Crippen molar-refractivity contribution in [2.24, 2.45) is 0 Å². The number of fused-ring (bicyclic) bond motifs is 1. The van der Waals surface area contributed by atoms with Gasteiger partial charge in [-0.3, -0.25) is 23.7 Å². The van der Waals surface area contributed by atoms with Crippen molar-refractivity contribution in [3.8, 4) is 5.75 Å². The fraction of sp³-hybridized carbons (Fsp3) is 0.423. The first-order valence-corrected chi connectivity index (χ1v) is 14.1. The molecule has 15 heteroatoms. The number of esters is 1. The average Bonchev–Trinajstić information content (AvgIpc) is 3.07. The maximum absolute atomic E-state index is 16.0. The van der Waals surface area contributed by atoms with Crippen molar-refractivity contribution < 1.29 is 41.8 Å². The second-order valence-electron chi connectivity index (χ2n) is 10.0. The van der Waals surface area contributed by atoms with E-state index in [4.69, 9.17) is 18.5 Å². The van der Waals surface area contributed by atoms with Crippen LogP contribution in [-0.4, -0.2) is 57.0 Å². The molecule has 3 aromatic rings. The van der Waals surface area contributed by atoms with Crippen LogP contribution in [0.3, 0.4) is 0 Å². The molecule has 12 nitrogen and oxygen atoms in total. The number of ether oxygens (including phenoxy) is 2. The number of aromatic amines is 1. The molecule has 0 aliphatic carbocycles. The van der Waals surface area contributed by atoms with Gasteiger partial charge in [0.05, 0.1) is 6.10 Å². The number of hydrogen-bond acceptors (Lipinski definition) is 9. The quantitative estimate of drug-likeness (QED) is 0.234. The van der Waals surface area contributed by atoms with Gasteiger partial charge in [0, 0.05) is 12.3 Å². The van der Waals surface area contributed by atoms with Gasteiger partial charge >= 0.3 is 19.4 Å². The molecule has 4 rings (SSSR count). The number of aliphatic hydroxyl groups is 1. The van der Waals surface area contributed by atoms with Gasteiger partial charge in [0.15, 0.2) is 18.0 Å². The highest BCUT2D eigenvalue weighted by Crippen LogP contribution is 2.51. The van der Waals surface area contributed by atoms with Crippen LogP contribution in [0.2, 0.25) is 0 Å². The summed E-state index contributed by atoms with van der Waals surface area (Å²) in [4.78, 5) is 37.9. The first kappa shape index (κ1) is 30.5. The van der Waals surface area contributed by atoms with E-state index in [-0.39, 0.29) is 5.75 Å². The minimum atomic E-state index is -4.66. The van der Waals surface area contributed by atoms with E-state index in [0.29, 0.717) is 9.95 Å². The molecule has 0 saturated carbocycles. The summed E-state index contributed by atoms with van der Waals surface area (Å²) in [6.07, 6.45) is -4.21. The highest BCUT2D eigenvalue weighted by atomic mass is 31.2. The smallest absolute Gasteiger partial charge is 0.459 e. The molecule has 0 amide bonds. The average molecular weight is 598 g/mol. The van der Waals surface area contributed by atoms with Crippen LogP contribution in [-0.2, 0) is 23.4 Å². The Kier molecular flexibility index (Phi) is 8.53. The first-order chi connectivity index (χ1) is 19.1. The normalized spacial score (nSPS) is 26.5. The van der Waals surface area contributed by atoms with Crippen molar-refractivity contribution in [2.75, 3.05) is 6.61 Å². The molecule has 0 spiro atoms. The van der Waals surface area contributed by atoms with E-state index in [1.165, 1.54) is 19.1 Å². The number of carbonyl (C=O) groups is 1. The minimum Gasteiger partial charge on any atom is -0.462 e. The van der Waals surface area contributed by atoms with E-state index in [9.17, 15) is 24.1 Å². The second kappa shape index (κ2) is 11.5. The molecular weight excluding hydrogens is 567 g/mol. The van der Waals surface area contributed by atoms with Gasteiger partial charge in [0.1, 0.15) is 18.4 Å². The lowest BCUT2D eigenvalue weighted by Gasteiger charge is -2.28. The Morgan fingerprint density at radius 2 is 1.85 bits per heavy atom. The van der Waals surface area contributed by atoms with Gasteiger partial charge in [0.25, 0.3) is 11.4 Å². The number of hydrogen-bond donors (Lipinski definition) is 3. The molecule has 6 atom stereocenters. The molecule has 2 aromatic carbocycles. The summed E-state index contributed by atoms with van der Waals surface area (Å²) in [5.74, 6) is -4.14. The summed E-state index contributed by atoms with van der Waals surface area (Å²) < 4.78 is 67.1. The lowest BCUT2D eigenvalue weighted by Crippen LogP contribution is -2.47. The molecule has 1 aliphatic rings. The number of H-pyrrole nitrogens is 1. The summed E-state index contributed by atoms with van der Waals surface area (Å²) in [6.45, 7) is 3.96. The zero-order chi connectivity index (χ0) is 30.2. The molecular formula is C26H30F2N3O9P. The number of alkyl halides is 2. The third kappa shape index (κ3) is 6.57. The standard InChI is InChI=1S/C26H30F2N3O9P/c1-15(2)38-21(33)16(3)30-41(36,40-19-10-9-17-7-5-6-8-18(17)13-19)37-14-26(28)22(34)25(4,27)23(39-26)31-12-11-20(32)29-24(31)35/h5-13,15-16,22-23,34H,14H2,1-4H3,(H,30,36)(H,29,32,35)/t16-,22-,23+,25+,26+,41?/m0/s1. The van der Waals surface area contributed by atoms with Gasteiger partial charge in [-0.15, -0.1) is 0 Å². The summed E-state index contributed by atoms with van der Waals surface area (Å²) in [6, 6.07) is 11.5. The van der Waals surface area contributed by atoms with Gasteiger partial charge in [0.2, 0.25) is 0 Å². The van der Waals surface area contributed by atoms with Crippen LogP contribution >= 0.6 is 7.75 Å². The van der Waals surface area contributed by atoms with Crippen molar-refractivity contribution in [3.63, 3.8) is 0 Å². The number of nitrogens with zero attached hydrogens (tertiary/aromatic N) is 1. The number of aliphatic hydroxyl groups excluding tert-OH is 1. The molecule has 1 aliphatic heterocycles. The van der Waals surface area contributed by atoms with E-state index < -0.39 is 67.6 Å². The van der Waals surface area contributed by atoms with Crippen molar-refractivity contribution in [3.05, 3.63) is 75.6 Å². The van der Waals surface area contributed by atoms with Crippen LogP contribution in [0.4, 0.5) is 8.78 Å². The molecule has 1 unspecified atom stereocenters. The number of carbonyl (C=O) groups excluding carboxylic acids is 1. The van der Waals surface area contributed by atoms with E-state index in [0.717, 1.165) is 24.6 Å². The van der Waals surface area contributed by atoms with Crippen LogP contribution < -0.4 is 20.9 Å².